The van der Waals surface area contributed by atoms with E-state index in [1.165, 1.54) is 31.5 Å². The topological polar surface area (TPSA) is 105 Å². The lowest BCUT2D eigenvalue weighted by Crippen LogP contribution is -2.16. The van der Waals surface area contributed by atoms with Gasteiger partial charge in [-0.25, -0.2) is 19.7 Å². The Balaban J connectivity index is 2.19. The van der Waals surface area contributed by atoms with Gasteiger partial charge in [0.15, 0.2) is 5.82 Å². The molecule has 0 saturated heterocycles. The molecule has 8 heteroatoms. The molecule has 0 saturated carbocycles. The quantitative estimate of drug-likeness (QED) is 0.886. The molecule has 0 bridgehead atoms. The number of hydrogen-bond acceptors (Lipinski definition) is 5. The van der Waals surface area contributed by atoms with Crippen LogP contribution in [0.5, 0.6) is 0 Å². The number of aromatic nitrogens is 3. The van der Waals surface area contributed by atoms with Crippen LogP contribution in [-0.2, 0) is 0 Å². The van der Waals surface area contributed by atoms with Gasteiger partial charge in [-0.15, -0.1) is 0 Å². The van der Waals surface area contributed by atoms with Crippen LogP contribution in [0, 0.1) is 6.92 Å². The molecule has 2 rings (SSSR count). The summed E-state index contributed by atoms with van der Waals surface area (Å²) in [4.78, 5) is 34.6. The molecule has 102 valence electrons. The van der Waals surface area contributed by atoms with Crippen LogP contribution in [0.2, 0.25) is 0 Å². The molecule has 0 fully saturated rings. The van der Waals surface area contributed by atoms with Crippen LogP contribution in [0.4, 0.5) is 5.82 Å². The predicted octanol–water partition coefficient (Wildman–Crippen LogP) is 1.89. The second-order valence-corrected chi connectivity index (χ2v) is 4.63. The van der Waals surface area contributed by atoms with Gasteiger partial charge >= 0.3 is 5.97 Å². The fraction of sp³-hybridized carbons (Fsp3) is 0.0833. The molecule has 2 aromatic heterocycles. The summed E-state index contributed by atoms with van der Waals surface area (Å²) < 4.78 is 0.551. The van der Waals surface area contributed by atoms with Crippen molar-refractivity contribution in [1.29, 1.82) is 0 Å². The Hall–Kier alpha value is -2.35. The number of amides is 1. The molecule has 20 heavy (non-hydrogen) atoms. The van der Waals surface area contributed by atoms with Crippen LogP contribution >= 0.6 is 15.9 Å². The Labute approximate surface area is 122 Å². The fourth-order valence-corrected chi connectivity index (χ4v) is 1.68. The SMILES string of the molecule is Cc1nc(C(=O)Nc2cnc(Br)cn2)ccc1C(=O)O. The third-order valence-corrected chi connectivity index (χ3v) is 2.82. The molecule has 2 heterocycles. The number of carboxylic acid groups (broad SMARTS) is 1. The van der Waals surface area contributed by atoms with Crippen LogP contribution in [0.15, 0.2) is 29.1 Å². The summed E-state index contributed by atoms with van der Waals surface area (Å²) in [6.07, 6.45) is 2.84. The van der Waals surface area contributed by atoms with Gasteiger partial charge in [0.25, 0.3) is 5.91 Å². The van der Waals surface area contributed by atoms with Crippen molar-refractivity contribution in [2.75, 3.05) is 5.32 Å². The van der Waals surface area contributed by atoms with Crippen LogP contribution in [0.25, 0.3) is 0 Å². The van der Waals surface area contributed by atoms with E-state index in [1.54, 1.807) is 0 Å². The van der Waals surface area contributed by atoms with E-state index < -0.39 is 11.9 Å². The Morgan fingerprint density at radius 2 is 2.00 bits per heavy atom. The zero-order chi connectivity index (χ0) is 14.7. The van der Waals surface area contributed by atoms with Gasteiger partial charge in [-0.2, -0.15) is 0 Å². The molecular formula is C12H9BrN4O3. The first-order chi connectivity index (χ1) is 9.47. The lowest BCUT2D eigenvalue weighted by atomic mass is 10.2. The molecule has 0 atom stereocenters. The van der Waals surface area contributed by atoms with Gasteiger partial charge in [0.1, 0.15) is 10.3 Å². The van der Waals surface area contributed by atoms with Crippen molar-refractivity contribution < 1.29 is 14.7 Å². The molecule has 1 amide bonds. The number of carbonyl (C=O) groups excluding carboxylic acids is 1. The highest BCUT2D eigenvalue weighted by Gasteiger charge is 2.13. The number of halogens is 1. The summed E-state index contributed by atoms with van der Waals surface area (Å²) in [6.45, 7) is 1.53. The van der Waals surface area contributed by atoms with E-state index in [9.17, 15) is 9.59 Å². The Kier molecular flexibility index (Phi) is 4.04. The first-order valence-electron chi connectivity index (χ1n) is 5.47. The normalized spacial score (nSPS) is 10.1. The highest BCUT2D eigenvalue weighted by Crippen LogP contribution is 2.10. The van der Waals surface area contributed by atoms with Crippen molar-refractivity contribution in [2.45, 2.75) is 6.92 Å². The van der Waals surface area contributed by atoms with E-state index in [0.29, 0.717) is 4.60 Å². The highest BCUT2D eigenvalue weighted by molar-refractivity contribution is 9.10. The molecule has 0 aliphatic carbocycles. The van der Waals surface area contributed by atoms with E-state index in [0.717, 1.165) is 0 Å². The number of rotatable bonds is 3. The third-order valence-electron chi connectivity index (χ3n) is 2.41. The van der Waals surface area contributed by atoms with E-state index in [1.807, 2.05) is 0 Å². The van der Waals surface area contributed by atoms with Gasteiger partial charge in [-0.3, -0.25) is 4.79 Å². The first-order valence-corrected chi connectivity index (χ1v) is 6.26. The molecule has 2 N–H and O–H groups in total. The minimum Gasteiger partial charge on any atom is -0.478 e. The fourth-order valence-electron chi connectivity index (χ4n) is 1.47. The number of carbonyl (C=O) groups is 2. The average Bonchev–Trinajstić information content (AvgIpc) is 2.40. The summed E-state index contributed by atoms with van der Waals surface area (Å²) in [7, 11) is 0. The average molecular weight is 337 g/mol. The van der Waals surface area contributed by atoms with Gasteiger partial charge in [0.2, 0.25) is 0 Å². The van der Waals surface area contributed by atoms with E-state index in [-0.39, 0.29) is 22.8 Å². The third kappa shape index (κ3) is 3.15. The van der Waals surface area contributed by atoms with Crippen LogP contribution in [-0.4, -0.2) is 31.9 Å². The minimum atomic E-state index is -1.08. The number of hydrogen-bond donors (Lipinski definition) is 2. The molecule has 7 nitrogen and oxygen atoms in total. The Bertz CT molecular complexity index is 673. The first kappa shape index (κ1) is 14.1. The lowest BCUT2D eigenvalue weighted by Gasteiger charge is -2.05. The summed E-state index contributed by atoms with van der Waals surface area (Å²) in [6, 6.07) is 2.69. The maximum Gasteiger partial charge on any atom is 0.337 e. The van der Waals surface area contributed by atoms with Gasteiger partial charge in [0.05, 0.1) is 23.7 Å². The number of anilines is 1. The van der Waals surface area contributed by atoms with Crippen molar-refractivity contribution in [3.05, 3.63) is 46.1 Å². The largest absolute Gasteiger partial charge is 0.478 e. The molecule has 0 spiro atoms. The van der Waals surface area contributed by atoms with Crippen molar-refractivity contribution in [3.8, 4) is 0 Å². The molecule has 2 aromatic rings. The zero-order valence-corrected chi connectivity index (χ0v) is 11.9. The predicted molar refractivity (Wildman–Crippen MR) is 73.6 cm³/mol. The molecular weight excluding hydrogens is 328 g/mol. The summed E-state index contributed by atoms with van der Waals surface area (Å²) in [5.41, 5.74) is 0.439. The second-order valence-electron chi connectivity index (χ2n) is 3.81. The summed E-state index contributed by atoms with van der Waals surface area (Å²) in [5, 5.41) is 11.4. The van der Waals surface area contributed by atoms with Crippen molar-refractivity contribution in [3.63, 3.8) is 0 Å². The van der Waals surface area contributed by atoms with Gasteiger partial charge in [0, 0.05) is 0 Å². The lowest BCUT2D eigenvalue weighted by molar-refractivity contribution is 0.0695. The molecule has 0 aliphatic heterocycles. The van der Waals surface area contributed by atoms with Crippen molar-refractivity contribution in [1.82, 2.24) is 15.0 Å². The Morgan fingerprint density at radius 3 is 2.55 bits per heavy atom. The number of nitrogens with one attached hydrogen (secondary N) is 1. The highest BCUT2D eigenvalue weighted by atomic mass is 79.9. The summed E-state index contributed by atoms with van der Waals surface area (Å²) >= 11 is 3.13. The molecule has 0 aromatic carbocycles. The van der Waals surface area contributed by atoms with Crippen LogP contribution in [0.3, 0.4) is 0 Å². The van der Waals surface area contributed by atoms with Crippen LogP contribution in [0.1, 0.15) is 26.5 Å². The molecule has 0 unspecified atom stereocenters. The maximum atomic E-state index is 11.9. The Morgan fingerprint density at radius 1 is 1.25 bits per heavy atom. The monoisotopic (exact) mass is 336 g/mol. The van der Waals surface area contributed by atoms with Gasteiger partial charge in [-0.05, 0) is 35.0 Å². The van der Waals surface area contributed by atoms with Gasteiger partial charge < -0.3 is 10.4 Å². The number of aromatic carboxylic acids is 1. The molecule has 0 radical (unpaired) electrons. The zero-order valence-electron chi connectivity index (χ0n) is 10.3. The number of nitrogens with zero attached hydrogens (tertiary/aromatic N) is 3. The summed E-state index contributed by atoms with van der Waals surface area (Å²) in [5.74, 6) is -1.29. The number of pyridine rings is 1. The number of carboxylic acids is 1. The minimum absolute atomic E-state index is 0.0602. The van der Waals surface area contributed by atoms with E-state index in [4.69, 9.17) is 5.11 Å². The standard InChI is InChI=1S/C12H9BrN4O3/c1-6-7(12(19)20)2-3-8(16-6)11(18)17-10-5-14-9(13)4-15-10/h2-5H,1H3,(H,19,20)(H,15,17,18). The van der Waals surface area contributed by atoms with Gasteiger partial charge in [-0.1, -0.05) is 0 Å². The number of aryl methyl sites for hydroxylation is 1. The van der Waals surface area contributed by atoms with Crippen LogP contribution < -0.4 is 5.32 Å². The second kappa shape index (κ2) is 5.74. The van der Waals surface area contributed by atoms with E-state index in [2.05, 4.69) is 36.2 Å². The van der Waals surface area contributed by atoms with Crippen molar-refractivity contribution >= 4 is 33.6 Å². The smallest absolute Gasteiger partial charge is 0.337 e. The maximum absolute atomic E-state index is 11.9. The molecule has 0 aliphatic rings. The van der Waals surface area contributed by atoms with Crippen molar-refractivity contribution in [2.24, 2.45) is 0 Å². The van der Waals surface area contributed by atoms with E-state index >= 15 is 0 Å².